The van der Waals surface area contributed by atoms with Crippen molar-refractivity contribution >= 4 is 16.9 Å². The van der Waals surface area contributed by atoms with Gasteiger partial charge >= 0.3 is 0 Å². The molecule has 0 aliphatic carbocycles. The minimum atomic E-state index is -0.448. The van der Waals surface area contributed by atoms with Gasteiger partial charge < -0.3 is 20.2 Å². The summed E-state index contributed by atoms with van der Waals surface area (Å²) in [6.45, 7) is 2.54. The normalized spacial score (nSPS) is 21.4. The van der Waals surface area contributed by atoms with Crippen LogP contribution in [0.4, 0.5) is 4.39 Å². The standard InChI is InChI=1S/C16H19FN2O3/c1-9-12-6-10(17)2-4-13(12)22-15(9)8-19-16(20)14-5-3-11(7-18)21-14/h2,4,6,11,14H,3,5,7-8,18H2,1H3,(H,19,20)/t11-,14+/m1/s1. The maximum absolute atomic E-state index is 13.3. The van der Waals surface area contributed by atoms with Crippen molar-refractivity contribution < 1.29 is 18.3 Å². The van der Waals surface area contributed by atoms with Crippen molar-refractivity contribution in [2.24, 2.45) is 5.73 Å². The fourth-order valence-corrected chi connectivity index (χ4v) is 2.77. The molecule has 0 unspecified atom stereocenters. The van der Waals surface area contributed by atoms with Crippen molar-refractivity contribution in [3.8, 4) is 0 Å². The van der Waals surface area contributed by atoms with Crippen LogP contribution in [0, 0.1) is 12.7 Å². The van der Waals surface area contributed by atoms with Crippen molar-refractivity contribution in [1.82, 2.24) is 5.32 Å². The zero-order chi connectivity index (χ0) is 15.7. The quantitative estimate of drug-likeness (QED) is 0.905. The third-order valence-electron chi connectivity index (χ3n) is 4.08. The Labute approximate surface area is 127 Å². The summed E-state index contributed by atoms with van der Waals surface area (Å²) in [6, 6.07) is 4.38. The van der Waals surface area contributed by atoms with Gasteiger partial charge in [0.2, 0.25) is 5.91 Å². The van der Waals surface area contributed by atoms with Gasteiger partial charge in [0.1, 0.15) is 23.3 Å². The molecule has 1 amide bonds. The zero-order valence-electron chi connectivity index (χ0n) is 12.4. The molecule has 3 N–H and O–H groups in total. The second-order valence-electron chi connectivity index (χ2n) is 5.57. The van der Waals surface area contributed by atoms with E-state index in [0.717, 1.165) is 17.4 Å². The number of carbonyl (C=O) groups is 1. The molecule has 22 heavy (non-hydrogen) atoms. The van der Waals surface area contributed by atoms with Crippen molar-refractivity contribution in [2.75, 3.05) is 6.54 Å². The number of fused-ring (bicyclic) bond motifs is 1. The van der Waals surface area contributed by atoms with Crippen LogP contribution in [0.25, 0.3) is 11.0 Å². The Morgan fingerprint density at radius 2 is 2.27 bits per heavy atom. The van der Waals surface area contributed by atoms with Crippen LogP contribution in [0.1, 0.15) is 24.2 Å². The lowest BCUT2D eigenvalue weighted by atomic mass is 10.1. The van der Waals surface area contributed by atoms with Gasteiger partial charge in [0.15, 0.2) is 0 Å². The molecule has 1 fully saturated rings. The van der Waals surface area contributed by atoms with Gasteiger partial charge in [0.25, 0.3) is 0 Å². The molecule has 1 aliphatic rings. The molecule has 0 radical (unpaired) electrons. The predicted molar refractivity (Wildman–Crippen MR) is 79.7 cm³/mol. The molecule has 1 aromatic heterocycles. The summed E-state index contributed by atoms with van der Waals surface area (Å²) >= 11 is 0. The Morgan fingerprint density at radius 1 is 1.45 bits per heavy atom. The number of halogens is 1. The van der Waals surface area contributed by atoms with E-state index in [2.05, 4.69) is 5.32 Å². The maximum atomic E-state index is 13.3. The summed E-state index contributed by atoms with van der Waals surface area (Å²) in [5.74, 6) is 0.156. The van der Waals surface area contributed by atoms with E-state index in [4.69, 9.17) is 14.9 Å². The number of nitrogens with two attached hydrogens (primary N) is 1. The first-order valence-electron chi connectivity index (χ1n) is 7.39. The molecule has 1 aliphatic heterocycles. The SMILES string of the molecule is Cc1c(CNC(=O)[C@@H]2CC[C@H](CN)O2)oc2ccc(F)cc12. The van der Waals surface area contributed by atoms with Crippen molar-refractivity contribution in [3.63, 3.8) is 0 Å². The molecular formula is C16H19FN2O3. The van der Waals surface area contributed by atoms with Crippen LogP contribution < -0.4 is 11.1 Å². The fraction of sp³-hybridized carbons (Fsp3) is 0.438. The van der Waals surface area contributed by atoms with E-state index in [1.165, 1.54) is 12.1 Å². The molecule has 0 spiro atoms. The van der Waals surface area contributed by atoms with Gasteiger partial charge in [-0.15, -0.1) is 0 Å². The van der Waals surface area contributed by atoms with Gasteiger partial charge in [-0.1, -0.05) is 0 Å². The number of rotatable bonds is 4. The van der Waals surface area contributed by atoms with Gasteiger partial charge in [-0.2, -0.15) is 0 Å². The van der Waals surface area contributed by atoms with Crippen LogP contribution in [-0.4, -0.2) is 24.7 Å². The summed E-state index contributed by atoms with van der Waals surface area (Å²) in [7, 11) is 0. The third-order valence-corrected chi connectivity index (χ3v) is 4.08. The number of hydrogen-bond acceptors (Lipinski definition) is 4. The number of aryl methyl sites for hydroxylation is 1. The Kier molecular flexibility index (Phi) is 4.13. The molecule has 0 bridgehead atoms. The highest BCUT2D eigenvalue weighted by Crippen LogP contribution is 2.26. The summed E-state index contributed by atoms with van der Waals surface area (Å²) < 4.78 is 24.5. The van der Waals surface area contributed by atoms with Gasteiger partial charge in [-0.05, 0) is 38.0 Å². The van der Waals surface area contributed by atoms with E-state index in [1.54, 1.807) is 6.07 Å². The second-order valence-corrected chi connectivity index (χ2v) is 5.57. The number of benzene rings is 1. The first kappa shape index (κ1) is 15.0. The number of ether oxygens (including phenoxy) is 1. The first-order valence-corrected chi connectivity index (χ1v) is 7.39. The van der Waals surface area contributed by atoms with Crippen LogP contribution >= 0.6 is 0 Å². The van der Waals surface area contributed by atoms with E-state index < -0.39 is 6.10 Å². The van der Waals surface area contributed by atoms with Crippen LogP contribution in [0.5, 0.6) is 0 Å². The molecule has 2 heterocycles. The van der Waals surface area contributed by atoms with Gasteiger partial charge in [0, 0.05) is 17.5 Å². The lowest BCUT2D eigenvalue weighted by molar-refractivity contribution is -0.132. The van der Waals surface area contributed by atoms with E-state index >= 15 is 0 Å². The maximum Gasteiger partial charge on any atom is 0.249 e. The smallest absolute Gasteiger partial charge is 0.249 e. The van der Waals surface area contributed by atoms with Crippen molar-refractivity contribution in [2.45, 2.75) is 38.5 Å². The number of furan rings is 1. The van der Waals surface area contributed by atoms with Crippen LogP contribution in [0.2, 0.25) is 0 Å². The lowest BCUT2D eigenvalue weighted by Crippen LogP contribution is -2.35. The van der Waals surface area contributed by atoms with E-state index in [9.17, 15) is 9.18 Å². The van der Waals surface area contributed by atoms with Gasteiger partial charge in [0.05, 0.1) is 12.6 Å². The fourth-order valence-electron chi connectivity index (χ4n) is 2.77. The van der Waals surface area contributed by atoms with Crippen LogP contribution in [-0.2, 0) is 16.1 Å². The molecule has 6 heteroatoms. The Bertz CT molecular complexity index is 698. The summed E-state index contributed by atoms with van der Waals surface area (Å²) in [5.41, 5.74) is 6.98. The zero-order valence-corrected chi connectivity index (χ0v) is 12.4. The third kappa shape index (κ3) is 2.84. The summed E-state index contributed by atoms with van der Waals surface area (Å²) in [4.78, 5) is 12.1. The highest BCUT2D eigenvalue weighted by atomic mass is 19.1. The molecule has 1 saturated heterocycles. The molecule has 2 aromatic rings. The minimum Gasteiger partial charge on any atom is -0.459 e. The first-order chi connectivity index (χ1) is 10.6. The number of carbonyl (C=O) groups excluding carboxylic acids is 1. The van der Waals surface area contributed by atoms with Crippen LogP contribution in [0.15, 0.2) is 22.6 Å². The molecule has 1 aromatic carbocycles. The summed E-state index contributed by atoms with van der Waals surface area (Å²) in [6.07, 6.45) is 0.998. The minimum absolute atomic E-state index is 0.0355. The van der Waals surface area contributed by atoms with Gasteiger partial charge in [-0.25, -0.2) is 4.39 Å². The van der Waals surface area contributed by atoms with Crippen molar-refractivity contribution in [3.05, 3.63) is 35.3 Å². The second kappa shape index (κ2) is 6.06. The largest absolute Gasteiger partial charge is 0.459 e. The topological polar surface area (TPSA) is 77.5 Å². The molecule has 0 saturated carbocycles. The summed E-state index contributed by atoms with van der Waals surface area (Å²) in [5, 5.41) is 3.54. The van der Waals surface area contributed by atoms with Gasteiger partial charge in [-0.3, -0.25) is 4.79 Å². The molecular weight excluding hydrogens is 287 g/mol. The molecule has 5 nitrogen and oxygen atoms in total. The molecule has 2 atom stereocenters. The Balaban J connectivity index is 1.66. The van der Waals surface area contributed by atoms with E-state index in [-0.39, 0.29) is 24.4 Å². The molecule has 118 valence electrons. The average Bonchev–Trinajstić information content (AvgIpc) is 3.11. The molecule has 3 rings (SSSR count). The number of nitrogens with one attached hydrogen (secondary N) is 1. The highest BCUT2D eigenvalue weighted by Gasteiger charge is 2.29. The van der Waals surface area contributed by atoms with Crippen molar-refractivity contribution in [1.29, 1.82) is 0 Å². The highest BCUT2D eigenvalue weighted by molar-refractivity contribution is 5.83. The number of amides is 1. The van der Waals surface area contributed by atoms with E-state index in [1.807, 2.05) is 6.92 Å². The lowest BCUT2D eigenvalue weighted by Gasteiger charge is -2.12. The van der Waals surface area contributed by atoms with E-state index in [0.29, 0.717) is 24.3 Å². The Hall–Kier alpha value is -1.92. The predicted octanol–water partition coefficient (Wildman–Crippen LogP) is 2.00. The monoisotopic (exact) mass is 306 g/mol. The Morgan fingerprint density at radius 3 is 3.00 bits per heavy atom. The average molecular weight is 306 g/mol. The number of hydrogen-bond donors (Lipinski definition) is 2. The van der Waals surface area contributed by atoms with Crippen LogP contribution in [0.3, 0.4) is 0 Å².